The summed E-state index contributed by atoms with van der Waals surface area (Å²) >= 11 is 0. The molecule has 1 heterocycles. The summed E-state index contributed by atoms with van der Waals surface area (Å²) < 4.78 is 0. The highest BCUT2D eigenvalue weighted by atomic mass is 15.2. The molecule has 0 radical (unpaired) electrons. The van der Waals surface area contributed by atoms with Gasteiger partial charge in [-0.25, -0.2) is 0 Å². The van der Waals surface area contributed by atoms with Crippen LogP contribution < -0.4 is 11.1 Å². The molecule has 0 aromatic carbocycles. The van der Waals surface area contributed by atoms with Crippen molar-refractivity contribution < 1.29 is 0 Å². The second-order valence-electron chi connectivity index (χ2n) is 10.1. The summed E-state index contributed by atoms with van der Waals surface area (Å²) in [5, 5.41) is 3.87. The van der Waals surface area contributed by atoms with E-state index in [1.807, 2.05) is 0 Å². The van der Waals surface area contributed by atoms with Gasteiger partial charge in [0.05, 0.1) is 6.17 Å². The molecular weight excluding hydrogens is 330 g/mol. The molecule has 1 aliphatic carbocycles. The Labute approximate surface area is 168 Å². The zero-order chi connectivity index (χ0) is 19.9. The molecular formula is C24H45N3. The first kappa shape index (κ1) is 22.5. The second-order valence-corrected chi connectivity index (χ2v) is 10.1. The lowest BCUT2D eigenvalue weighted by Crippen LogP contribution is -2.45. The Kier molecular flexibility index (Phi) is 8.88. The Hall–Kier alpha value is -0.800. The van der Waals surface area contributed by atoms with E-state index in [2.05, 4.69) is 63.3 Å². The smallest absolute Gasteiger partial charge is 0.0986 e. The molecule has 3 nitrogen and oxygen atoms in total. The highest BCUT2D eigenvalue weighted by molar-refractivity contribution is 5.22. The van der Waals surface area contributed by atoms with Crippen LogP contribution in [0.4, 0.5) is 0 Å². The highest BCUT2D eigenvalue weighted by Crippen LogP contribution is 2.36. The Balaban J connectivity index is 1.67. The number of hydrogen-bond acceptors (Lipinski definition) is 3. The minimum absolute atomic E-state index is 0.367. The van der Waals surface area contributed by atoms with Gasteiger partial charge in [0.25, 0.3) is 0 Å². The largest absolute Gasteiger partial charge is 0.362 e. The molecule has 4 atom stereocenters. The van der Waals surface area contributed by atoms with Crippen molar-refractivity contribution in [1.82, 2.24) is 10.2 Å². The minimum atomic E-state index is 0.367. The maximum absolute atomic E-state index is 5.89. The summed E-state index contributed by atoms with van der Waals surface area (Å²) in [6.45, 7) is 10.2. The van der Waals surface area contributed by atoms with E-state index in [1.165, 1.54) is 63.4 Å². The number of nitrogens with two attached hydrogens (primary N) is 1. The predicted molar refractivity (Wildman–Crippen MR) is 118 cm³/mol. The number of hydrogen-bond donors (Lipinski definition) is 2. The number of allylic oxidation sites excluding steroid dienone is 2. The van der Waals surface area contributed by atoms with Crippen molar-refractivity contribution in [3.63, 3.8) is 0 Å². The molecule has 1 aliphatic heterocycles. The quantitative estimate of drug-likeness (QED) is 0.473. The fourth-order valence-corrected chi connectivity index (χ4v) is 5.29. The molecule has 0 aromatic heterocycles. The molecule has 156 valence electrons. The average molecular weight is 376 g/mol. The number of likely N-dealkylation sites (N-methyl/N-ethyl adjacent to an activating group) is 1. The Morgan fingerprint density at radius 2 is 2.04 bits per heavy atom. The molecule has 2 aliphatic rings. The molecule has 0 bridgehead atoms. The Bertz CT molecular complexity index is 496. The van der Waals surface area contributed by atoms with Crippen molar-refractivity contribution in [2.75, 3.05) is 13.6 Å². The van der Waals surface area contributed by atoms with E-state index >= 15 is 0 Å². The monoisotopic (exact) mass is 375 g/mol. The summed E-state index contributed by atoms with van der Waals surface area (Å²) in [4.78, 5) is 2.29. The number of rotatable bonds is 11. The van der Waals surface area contributed by atoms with E-state index in [0.29, 0.717) is 17.6 Å². The van der Waals surface area contributed by atoms with Crippen molar-refractivity contribution in [1.29, 1.82) is 0 Å². The van der Waals surface area contributed by atoms with Crippen LogP contribution in [0.3, 0.4) is 0 Å². The third kappa shape index (κ3) is 7.62. The molecule has 0 amide bonds. The van der Waals surface area contributed by atoms with Crippen molar-refractivity contribution in [2.45, 2.75) is 97.7 Å². The lowest BCUT2D eigenvalue weighted by atomic mass is 9.75. The molecule has 27 heavy (non-hydrogen) atoms. The van der Waals surface area contributed by atoms with Crippen molar-refractivity contribution in [3.05, 3.63) is 23.9 Å². The number of unbranched alkanes of at least 4 members (excludes halogenated alkanes) is 1. The second kappa shape index (κ2) is 10.7. The summed E-state index contributed by atoms with van der Waals surface area (Å²) in [6.07, 6.45) is 19.2. The number of nitrogens with zero attached hydrogens (tertiary/aromatic N) is 1. The van der Waals surface area contributed by atoms with Crippen LogP contribution in [0, 0.1) is 17.3 Å². The van der Waals surface area contributed by atoms with Crippen LogP contribution in [0.5, 0.6) is 0 Å². The molecule has 3 heteroatoms. The topological polar surface area (TPSA) is 41.3 Å². The molecule has 0 aromatic rings. The van der Waals surface area contributed by atoms with Crippen molar-refractivity contribution in [3.8, 4) is 0 Å². The molecule has 0 saturated heterocycles. The molecule has 1 unspecified atom stereocenters. The van der Waals surface area contributed by atoms with Gasteiger partial charge in [0.1, 0.15) is 0 Å². The van der Waals surface area contributed by atoms with Gasteiger partial charge < -0.3 is 10.6 Å². The zero-order valence-electron chi connectivity index (χ0n) is 18.6. The third-order valence-electron chi connectivity index (χ3n) is 6.67. The molecule has 2 rings (SSSR count). The van der Waals surface area contributed by atoms with Crippen LogP contribution >= 0.6 is 0 Å². The van der Waals surface area contributed by atoms with Crippen LogP contribution in [0.15, 0.2) is 23.9 Å². The van der Waals surface area contributed by atoms with E-state index in [4.69, 9.17) is 5.73 Å². The molecule has 0 spiro atoms. The third-order valence-corrected chi connectivity index (χ3v) is 6.67. The standard InChI is InChI=1S/C24H45N3/c1-19(2)18-24(4,13-14-25)12-7-6-8-21-9-10-22(17-21)26-23-16-20(3)11-15-27(23)5/h11,15-16,19,21-23,26H,6-10,12-14,17-18,25H2,1-5H3/t21-,22-,23?,24-/m0/s1. The lowest BCUT2D eigenvalue weighted by molar-refractivity contribution is 0.211. The van der Waals surface area contributed by atoms with Crippen molar-refractivity contribution >= 4 is 0 Å². The van der Waals surface area contributed by atoms with Gasteiger partial charge in [-0.2, -0.15) is 0 Å². The minimum Gasteiger partial charge on any atom is -0.362 e. The van der Waals surface area contributed by atoms with Gasteiger partial charge in [-0.3, -0.25) is 5.32 Å². The van der Waals surface area contributed by atoms with E-state index in [9.17, 15) is 0 Å². The SMILES string of the molecule is CC1=CC(N[C@H]2CC[C@H](CCCC[C@@](C)(CCN)CC(C)C)C2)N(C)C=C1. The number of nitrogens with one attached hydrogen (secondary N) is 1. The first-order valence-electron chi connectivity index (χ1n) is 11.4. The van der Waals surface area contributed by atoms with Gasteiger partial charge in [0.2, 0.25) is 0 Å². The molecule has 1 saturated carbocycles. The summed E-state index contributed by atoms with van der Waals surface area (Å²) in [6, 6.07) is 0.682. The van der Waals surface area contributed by atoms with Crippen LogP contribution in [-0.4, -0.2) is 30.7 Å². The van der Waals surface area contributed by atoms with Crippen LogP contribution in [0.2, 0.25) is 0 Å². The van der Waals surface area contributed by atoms with E-state index in [-0.39, 0.29) is 0 Å². The maximum atomic E-state index is 5.89. The van der Waals surface area contributed by atoms with Gasteiger partial charge in [0, 0.05) is 19.3 Å². The zero-order valence-corrected chi connectivity index (χ0v) is 18.6. The van der Waals surface area contributed by atoms with E-state index in [1.54, 1.807) is 0 Å². The van der Waals surface area contributed by atoms with Gasteiger partial charge in [-0.05, 0) is 81.4 Å². The summed E-state index contributed by atoms with van der Waals surface area (Å²) in [7, 11) is 2.17. The molecule has 1 fully saturated rings. The highest BCUT2D eigenvalue weighted by Gasteiger charge is 2.28. The van der Waals surface area contributed by atoms with Crippen molar-refractivity contribution in [2.24, 2.45) is 23.0 Å². The van der Waals surface area contributed by atoms with Crippen LogP contribution in [0.1, 0.15) is 85.5 Å². The fourth-order valence-electron chi connectivity index (χ4n) is 5.29. The van der Waals surface area contributed by atoms with Gasteiger partial charge in [-0.15, -0.1) is 0 Å². The van der Waals surface area contributed by atoms with E-state index in [0.717, 1.165) is 18.4 Å². The first-order valence-corrected chi connectivity index (χ1v) is 11.4. The van der Waals surface area contributed by atoms with Gasteiger partial charge in [-0.1, -0.05) is 45.6 Å². The van der Waals surface area contributed by atoms with E-state index < -0.39 is 0 Å². The van der Waals surface area contributed by atoms with Crippen LogP contribution in [0.25, 0.3) is 0 Å². The Morgan fingerprint density at radius 3 is 2.74 bits per heavy atom. The average Bonchev–Trinajstić information content (AvgIpc) is 3.02. The summed E-state index contributed by atoms with van der Waals surface area (Å²) in [5.41, 5.74) is 7.70. The normalized spacial score (nSPS) is 27.9. The summed E-state index contributed by atoms with van der Waals surface area (Å²) in [5.74, 6) is 1.69. The first-order chi connectivity index (χ1) is 12.8. The Morgan fingerprint density at radius 1 is 1.26 bits per heavy atom. The van der Waals surface area contributed by atoms with Gasteiger partial charge in [0.15, 0.2) is 0 Å². The van der Waals surface area contributed by atoms with Crippen LogP contribution in [-0.2, 0) is 0 Å². The lowest BCUT2D eigenvalue weighted by Gasteiger charge is -2.31. The predicted octanol–water partition coefficient (Wildman–Crippen LogP) is 5.44. The molecule has 3 N–H and O–H groups in total. The maximum Gasteiger partial charge on any atom is 0.0986 e. The fraction of sp³-hybridized carbons (Fsp3) is 0.833. The van der Waals surface area contributed by atoms with Gasteiger partial charge >= 0.3 is 0 Å².